The molecule has 0 aliphatic carbocycles. The van der Waals surface area contributed by atoms with Gasteiger partial charge in [-0.25, -0.2) is 4.79 Å². The zero-order chi connectivity index (χ0) is 14.5. The zero-order valence-corrected chi connectivity index (χ0v) is 12.4. The second kappa shape index (κ2) is 6.62. The monoisotopic (exact) mass is 291 g/mol. The number of rotatable bonds is 4. The number of carbonyl (C=O) groups excluding carboxylic acids is 1. The summed E-state index contributed by atoms with van der Waals surface area (Å²) in [5.74, 6) is 0.796. The van der Waals surface area contributed by atoms with Crippen LogP contribution in [0, 0.1) is 5.92 Å². The lowest BCUT2D eigenvalue weighted by Crippen LogP contribution is -2.16. The largest absolute Gasteiger partial charge is 0.449 e. The third-order valence-electron chi connectivity index (χ3n) is 2.91. The summed E-state index contributed by atoms with van der Waals surface area (Å²) in [6.07, 6.45) is -0.424. The van der Waals surface area contributed by atoms with Gasteiger partial charge >= 0.3 is 6.09 Å². The summed E-state index contributed by atoms with van der Waals surface area (Å²) in [4.78, 5) is 11.6. The average molecular weight is 292 g/mol. The van der Waals surface area contributed by atoms with E-state index in [4.69, 9.17) is 16.3 Å². The Morgan fingerprint density at radius 3 is 2.80 bits per heavy atom. The minimum Gasteiger partial charge on any atom is -0.449 e. The van der Waals surface area contributed by atoms with E-state index < -0.39 is 6.09 Å². The van der Waals surface area contributed by atoms with Gasteiger partial charge < -0.3 is 4.74 Å². The van der Waals surface area contributed by atoms with Gasteiger partial charge in [0.2, 0.25) is 0 Å². The van der Waals surface area contributed by atoms with E-state index in [2.05, 4.69) is 5.32 Å². The molecule has 0 fully saturated rings. The molecule has 0 aromatic heterocycles. The number of alkyl halides is 1. The van der Waals surface area contributed by atoms with Crippen LogP contribution in [0.2, 0.25) is 0 Å². The second-order valence-corrected chi connectivity index (χ2v) is 5.37. The van der Waals surface area contributed by atoms with Crippen molar-refractivity contribution in [3.8, 4) is 0 Å². The summed E-state index contributed by atoms with van der Waals surface area (Å²) < 4.78 is 5.09. The van der Waals surface area contributed by atoms with E-state index in [1.807, 2.05) is 50.2 Å². The first kappa shape index (κ1) is 14.7. The van der Waals surface area contributed by atoms with E-state index in [1.54, 1.807) is 0 Å². The smallest absolute Gasteiger partial charge is 0.411 e. The molecular formula is C16H18ClNO2. The van der Waals surface area contributed by atoms with E-state index in [9.17, 15) is 4.79 Å². The Morgan fingerprint density at radius 1 is 1.30 bits per heavy atom. The fraction of sp³-hybridized carbons (Fsp3) is 0.312. The minimum absolute atomic E-state index is 0.323. The van der Waals surface area contributed by atoms with Crippen molar-refractivity contribution in [3.05, 3.63) is 42.0 Å². The van der Waals surface area contributed by atoms with Gasteiger partial charge in [0.05, 0.1) is 6.61 Å². The lowest BCUT2D eigenvalue weighted by molar-refractivity contribution is 0.147. The summed E-state index contributed by atoms with van der Waals surface area (Å²) >= 11 is 5.91. The Balaban J connectivity index is 2.14. The van der Waals surface area contributed by atoms with Gasteiger partial charge in [0.15, 0.2) is 0 Å². The minimum atomic E-state index is -0.424. The second-order valence-electron chi connectivity index (χ2n) is 5.10. The van der Waals surface area contributed by atoms with Crippen LogP contribution in [0.1, 0.15) is 19.4 Å². The van der Waals surface area contributed by atoms with Gasteiger partial charge in [-0.3, -0.25) is 5.32 Å². The van der Waals surface area contributed by atoms with Crippen molar-refractivity contribution in [1.82, 2.24) is 0 Å². The molecule has 0 radical (unpaired) electrons. The van der Waals surface area contributed by atoms with E-state index in [1.165, 1.54) is 0 Å². The van der Waals surface area contributed by atoms with Gasteiger partial charge in [0.25, 0.3) is 0 Å². The molecular weight excluding hydrogens is 274 g/mol. The van der Waals surface area contributed by atoms with E-state index in [0.29, 0.717) is 18.4 Å². The lowest BCUT2D eigenvalue weighted by Gasteiger charge is -2.10. The van der Waals surface area contributed by atoms with E-state index >= 15 is 0 Å². The van der Waals surface area contributed by atoms with E-state index in [0.717, 1.165) is 22.0 Å². The fourth-order valence-corrected chi connectivity index (χ4v) is 2.17. The molecule has 0 atom stereocenters. The molecule has 0 heterocycles. The molecule has 2 aromatic rings. The first-order valence-corrected chi connectivity index (χ1v) is 7.15. The predicted molar refractivity (Wildman–Crippen MR) is 83.3 cm³/mol. The Kier molecular flexibility index (Phi) is 4.85. The summed E-state index contributed by atoms with van der Waals surface area (Å²) in [7, 11) is 0. The van der Waals surface area contributed by atoms with Crippen molar-refractivity contribution in [3.63, 3.8) is 0 Å². The number of nitrogens with one attached hydrogen (secondary N) is 1. The summed E-state index contributed by atoms with van der Waals surface area (Å²) in [5, 5.41) is 4.88. The molecule has 1 N–H and O–H groups in total. The molecule has 2 rings (SSSR count). The number of hydrogen-bond acceptors (Lipinski definition) is 2. The summed E-state index contributed by atoms with van der Waals surface area (Å²) in [5.41, 5.74) is 1.80. The van der Waals surface area contributed by atoms with Crippen LogP contribution in [0.25, 0.3) is 10.8 Å². The average Bonchev–Trinajstić information content (AvgIpc) is 2.44. The molecule has 0 bridgehead atoms. The number of halogens is 1. The summed E-state index contributed by atoms with van der Waals surface area (Å²) in [6, 6.07) is 11.7. The van der Waals surface area contributed by atoms with Crippen LogP contribution in [0.5, 0.6) is 0 Å². The normalized spacial score (nSPS) is 10.8. The van der Waals surface area contributed by atoms with Crippen LogP contribution in [-0.4, -0.2) is 12.7 Å². The molecule has 20 heavy (non-hydrogen) atoms. The Labute approximate surface area is 123 Å². The molecule has 1 amide bonds. The highest BCUT2D eigenvalue weighted by Crippen LogP contribution is 2.23. The number of carbonyl (C=O) groups is 1. The Morgan fingerprint density at radius 2 is 2.10 bits per heavy atom. The SMILES string of the molecule is CC(C)COC(=O)Nc1ccc2c(CCl)cccc2c1. The highest BCUT2D eigenvalue weighted by Gasteiger charge is 2.06. The van der Waals surface area contributed by atoms with Gasteiger partial charge in [0, 0.05) is 11.6 Å². The molecule has 0 spiro atoms. The molecule has 3 nitrogen and oxygen atoms in total. The molecule has 0 aliphatic heterocycles. The molecule has 0 unspecified atom stereocenters. The number of ether oxygens (including phenoxy) is 1. The van der Waals surface area contributed by atoms with Crippen LogP contribution < -0.4 is 5.32 Å². The third kappa shape index (κ3) is 3.64. The number of hydrogen-bond donors (Lipinski definition) is 1. The third-order valence-corrected chi connectivity index (χ3v) is 3.20. The van der Waals surface area contributed by atoms with Gasteiger partial charge in [-0.2, -0.15) is 0 Å². The predicted octanol–water partition coefficient (Wildman–Crippen LogP) is 4.78. The van der Waals surface area contributed by atoms with Crippen LogP contribution in [-0.2, 0) is 10.6 Å². The standard InChI is InChI=1S/C16H18ClNO2/c1-11(2)10-20-16(19)18-14-6-7-15-12(8-14)4-3-5-13(15)9-17/h3-8,11H,9-10H2,1-2H3,(H,18,19). The van der Waals surface area contributed by atoms with Crippen molar-refractivity contribution in [2.24, 2.45) is 5.92 Å². The number of fused-ring (bicyclic) bond motifs is 1. The van der Waals surface area contributed by atoms with Crippen molar-refractivity contribution in [2.45, 2.75) is 19.7 Å². The quantitative estimate of drug-likeness (QED) is 0.823. The van der Waals surface area contributed by atoms with Crippen LogP contribution in [0.15, 0.2) is 36.4 Å². The van der Waals surface area contributed by atoms with Crippen LogP contribution >= 0.6 is 11.6 Å². The molecule has 4 heteroatoms. The number of anilines is 1. The highest BCUT2D eigenvalue weighted by atomic mass is 35.5. The van der Waals surface area contributed by atoms with Gasteiger partial charge in [-0.15, -0.1) is 11.6 Å². The molecule has 0 saturated heterocycles. The maximum atomic E-state index is 11.6. The topological polar surface area (TPSA) is 38.3 Å². The first-order chi connectivity index (χ1) is 9.60. The number of amides is 1. The van der Waals surface area contributed by atoms with Crippen LogP contribution in [0.4, 0.5) is 10.5 Å². The van der Waals surface area contributed by atoms with Crippen LogP contribution in [0.3, 0.4) is 0 Å². The van der Waals surface area contributed by atoms with Gasteiger partial charge in [-0.05, 0) is 34.4 Å². The Hall–Kier alpha value is -1.74. The van der Waals surface area contributed by atoms with E-state index in [-0.39, 0.29) is 0 Å². The van der Waals surface area contributed by atoms with Gasteiger partial charge in [0.1, 0.15) is 0 Å². The fourth-order valence-electron chi connectivity index (χ4n) is 1.94. The maximum absolute atomic E-state index is 11.6. The van der Waals surface area contributed by atoms with Crippen molar-refractivity contribution >= 4 is 34.2 Å². The molecule has 0 saturated carbocycles. The highest BCUT2D eigenvalue weighted by molar-refractivity contribution is 6.18. The van der Waals surface area contributed by atoms with Crippen molar-refractivity contribution in [2.75, 3.05) is 11.9 Å². The van der Waals surface area contributed by atoms with Gasteiger partial charge in [-0.1, -0.05) is 38.1 Å². The number of benzene rings is 2. The Bertz CT molecular complexity index is 610. The summed E-state index contributed by atoms with van der Waals surface area (Å²) in [6.45, 7) is 4.41. The molecule has 2 aromatic carbocycles. The van der Waals surface area contributed by atoms with Crippen molar-refractivity contribution in [1.29, 1.82) is 0 Å². The molecule has 0 aliphatic rings. The zero-order valence-electron chi connectivity index (χ0n) is 11.7. The first-order valence-electron chi connectivity index (χ1n) is 6.61. The van der Waals surface area contributed by atoms with Crippen molar-refractivity contribution < 1.29 is 9.53 Å². The lowest BCUT2D eigenvalue weighted by atomic mass is 10.1. The molecule has 106 valence electrons. The maximum Gasteiger partial charge on any atom is 0.411 e.